The molecule has 0 unspecified atom stereocenters. The first-order chi connectivity index (χ1) is 5.38. The van der Waals surface area contributed by atoms with Crippen LogP contribution in [0, 0.1) is 11.3 Å². The molecule has 2 nitrogen and oxygen atoms in total. The van der Waals surface area contributed by atoms with Crippen molar-refractivity contribution < 1.29 is 3.83 Å². The Balaban J connectivity index is 2.85. The molecule has 11 heavy (non-hydrogen) atoms. The van der Waals surface area contributed by atoms with E-state index in [1.807, 2.05) is 36.4 Å². The van der Waals surface area contributed by atoms with E-state index >= 15 is 0 Å². The predicted molar refractivity (Wildman–Crippen MR) is 44.8 cm³/mol. The van der Waals surface area contributed by atoms with E-state index in [9.17, 15) is 0 Å². The molecule has 0 fully saturated rings. The number of benzene rings is 1. The van der Waals surface area contributed by atoms with Crippen molar-refractivity contribution >= 4 is 16.3 Å². The minimum Gasteiger partial charge on any atom is -0.284 e. The van der Waals surface area contributed by atoms with Gasteiger partial charge < -0.3 is 0 Å². The largest absolute Gasteiger partial charge is 0.284 e. The third-order valence-electron chi connectivity index (χ3n) is 1.31. The minimum absolute atomic E-state index is 0.517. The molecule has 0 aliphatic heterocycles. The van der Waals surface area contributed by atoms with E-state index in [1.165, 1.54) is 0 Å². The highest BCUT2D eigenvalue weighted by Gasteiger charge is 2.07. The average Bonchev–Trinajstić information content (AvgIpc) is 2.09. The third kappa shape index (κ3) is 2.04. The molecule has 0 bridgehead atoms. The van der Waals surface area contributed by atoms with Gasteiger partial charge in [-0.15, -0.1) is 0 Å². The van der Waals surface area contributed by atoms with Crippen LogP contribution in [0.2, 0.25) is 0 Å². The van der Waals surface area contributed by atoms with E-state index in [0.717, 1.165) is 5.56 Å². The van der Waals surface area contributed by atoms with Crippen molar-refractivity contribution in [3.05, 3.63) is 35.9 Å². The molecule has 0 N–H and O–H groups in total. The lowest BCUT2D eigenvalue weighted by molar-refractivity contribution is 0.334. The molecule has 1 atom stereocenters. The Hall–Kier alpha value is -0.850. The maximum atomic E-state index is 8.57. The number of nitriles is 1. The summed E-state index contributed by atoms with van der Waals surface area (Å²) < 4.78 is 4.74. The normalized spacial score (nSPS) is 12.0. The van der Waals surface area contributed by atoms with E-state index in [1.54, 1.807) is 0 Å². The second-order valence-electron chi connectivity index (χ2n) is 2.01. The number of hydrogen-bond donors (Lipinski definition) is 0. The molecule has 1 aromatic rings. The van der Waals surface area contributed by atoms with Crippen LogP contribution in [-0.2, 0) is 3.83 Å². The summed E-state index contributed by atoms with van der Waals surface area (Å²) in [5.74, 6) is 0. The van der Waals surface area contributed by atoms with Crippen LogP contribution in [0.25, 0.3) is 0 Å². The molecule has 56 valence electrons. The Morgan fingerprint density at radius 2 is 2.00 bits per heavy atom. The highest BCUT2D eigenvalue weighted by atomic mass is 79.9. The standard InChI is InChI=1S/C8H6BrNO/c9-11-8(6-10)7-4-2-1-3-5-7/h1-5,8H/t8-/m1/s1. The highest BCUT2D eigenvalue weighted by Crippen LogP contribution is 2.17. The van der Waals surface area contributed by atoms with E-state index < -0.39 is 6.10 Å². The molecule has 1 aromatic carbocycles. The van der Waals surface area contributed by atoms with Gasteiger partial charge in [-0.05, 0) is 5.56 Å². The maximum Gasteiger partial charge on any atom is 0.183 e. The lowest BCUT2D eigenvalue weighted by atomic mass is 10.1. The first-order valence-electron chi connectivity index (χ1n) is 3.10. The molecule has 0 radical (unpaired) electrons. The number of nitrogens with zero attached hydrogens (tertiary/aromatic N) is 1. The first-order valence-corrected chi connectivity index (χ1v) is 3.75. The van der Waals surface area contributed by atoms with Gasteiger partial charge in [0.25, 0.3) is 0 Å². The summed E-state index contributed by atoms with van der Waals surface area (Å²) in [6.45, 7) is 0. The molecule has 3 heteroatoms. The van der Waals surface area contributed by atoms with Crippen molar-refractivity contribution in [2.24, 2.45) is 0 Å². The Morgan fingerprint density at radius 1 is 1.36 bits per heavy atom. The Bertz CT molecular complexity index is 255. The van der Waals surface area contributed by atoms with Crippen LogP contribution in [0.5, 0.6) is 0 Å². The van der Waals surface area contributed by atoms with Crippen LogP contribution in [-0.4, -0.2) is 0 Å². The molecule has 0 amide bonds. The van der Waals surface area contributed by atoms with Crippen LogP contribution in [0.15, 0.2) is 30.3 Å². The summed E-state index contributed by atoms with van der Waals surface area (Å²) in [5, 5.41) is 8.57. The van der Waals surface area contributed by atoms with Gasteiger partial charge in [0.15, 0.2) is 6.10 Å². The summed E-state index contributed by atoms with van der Waals surface area (Å²) in [6.07, 6.45) is -0.517. The topological polar surface area (TPSA) is 33.0 Å². The van der Waals surface area contributed by atoms with Crippen molar-refractivity contribution in [1.29, 1.82) is 5.26 Å². The van der Waals surface area contributed by atoms with Crippen molar-refractivity contribution in [3.8, 4) is 6.07 Å². The molecular weight excluding hydrogens is 206 g/mol. The number of hydrogen-bond acceptors (Lipinski definition) is 2. The molecule has 0 saturated carbocycles. The molecule has 0 aromatic heterocycles. The third-order valence-corrected chi connectivity index (χ3v) is 1.68. The first kappa shape index (κ1) is 8.25. The lowest BCUT2D eigenvalue weighted by Gasteiger charge is -2.02. The number of rotatable bonds is 2. The van der Waals surface area contributed by atoms with E-state index in [0.29, 0.717) is 0 Å². The maximum absolute atomic E-state index is 8.57. The van der Waals surface area contributed by atoms with Gasteiger partial charge in [-0.3, -0.25) is 3.83 Å². The fourth-order valence-electron chi connectivity index (χ4n) is 0.774. The second-order valence-corrected chi connectivity index (χ2v) is 2.38. The van der Waals surface area contributed by atoms with Gasteiger partial charge in [0.2, 0.25) is 0 Å². The minimum atomic E-state index is -0.517. The molecule has 1 rings (SSSR count). The van der Waals surface area contributed by atoms with Crippen LogP contribution in [0.4, 0.5) is 0 Å². The van der Waals surface area contributed by atoms with Gasteiger partial charge in [0, 0.05) is 0 Å². The van der Waals surface area contributed by atoms with Gasteiger partial charge >= 0.3 is 0 Å². The van der Waals surface area contributed by atoms with Crippen LogP contribution < -0.4 is 0 Å². The van der Waals surface area contributed by atoms with Crippen molar-refractivity contribution in [2.75, 3.05) is 0 Å². The van der Waals surface area contributed by atoms with Crippen molar-refractivity contribution in [2.45, 2.75) is 6.10 Å². The van der Waals surface area contributed by atoms with E-state index in [2.05, 4.69) is 16.3 Å². The van der Waals surface area contributed by atoms with Crippen LogP contribution in [0.3, 0.4) is 0 Å². The van der Waals surface area contributed by atoms with Gasteiger partial charge in [-0.2, -0.15) is 5.26 Å². The van der Waals surface area contributed by atoms with Crippen molar-refractivity contribution in [3.63, 3.8) is 0 Å². The Labute approximate surface area is 73.9 Å². The predicted octanol–water partition coefficient (Wildman–Crippen LogP) is 2.58. The number of halogens is 1. The zero-order chi connectivity index (χ0) is 8.10. The summed E-state index contributed by atoms with van der Waals surface area (Å²) in [7, 11) is 0. The summed E-state index contributed by atoms with van der Waals surface area (Å²) in [5.41, 5.74) is 0.854. The fourth-order valence-corrected chi connectivity index (χ4v) is 1.07. The Kier molecular flexibility index (Phi) is 3.09. The van der Waals surface area contributed by atoms with E-state index in [-0.39, 0.29) is 0 Å². The quantitative estimate of drug-likeness (QED) is 0.754. The molecule has 0 aliphatic carbocycles. The van der Waals surface area contributed by atoms with Gasteiger partial charge in [0.1, 0.15) is 22.3 Å². The monoisotopic (exact) mass is 211 g/mol. The molecule has 0 heterocycles. The summed E-state index contributed by atoms with van der Waals surface area (Å²) in [6, 6.07) is 11.3. The van der Waals surface area contributed by atoms with Crippen LogP contribution in [0.1, 0.15) is 11.7 Å². The smallest absolute Gasteiger partial charge is 0.183 e. The van der Waals surface area contributed by atoms with Gasteiger partial charge in [-0.1, -0.05) is 30.3 Å². The Morgan fingerprint density at radius 3 is 2.45 bits per heavy atom. The fraction of sp³-hybridized carbons (Fsp3) is 0.125. The van der Waals surface area contributed by atoms with Gasteiger partial charge in [-0.25, -0.2) is 0 Å². The van der Waals surface area contributed by atoms with Crippen molar-refractivity contribution in [1.82, 2.24) is 0 Å². The van der Waals surface area contributed by atoms with Gasteiger partial charge in [0.05, 0.1) is 0 Å². The summed E-state index contributed by atoms with van der Waals surface area (Å²) in [4.78, 5) is 0. The zero-order valence-corrected chi connectivity index (χ0v) is 7.28. The molecular formula is C8H6BrNO. The van der Waals surface area contributed by atoms with E-state index in [4.69, 9.17) is 9.09 Å². The molecule has 0 aliphatic rings. The molecule has 0 saturated heterocycles. The SMILES string of the molecule is N#C[C@@H](OBr)c1ccccc1. The average molecular weight is 212 g/mol. The molecule has 0 spiro atoms. The van der Waals surface area contributed by atoms with Crippen LogP contribution >= 0.6 is 16.3 Å². The zero-order valence-electron chi connectivity index (χ0n) is 5.70. The highest BCUT2D eigenvalue weighted by molar-refractivity contribution is 9.06. The summed E-state index contributed by atoms with van der Waals surface area (Å²) >= 11 is 2.79. The second kappa shape index (κ2) is 4.12. The lowest BCUT2D eigenvalue weighted by Crippen LogP contribution is -1.92.